The molecule has 0 atom stereocenters. The summed E-state index contributed by atoms with van der Waals surface area (Å²) in [6.45, 7) is 0. The van der Waals surface area contributed by atoms with Crippen LogP contribution in [0.2, 0.25) is 0 Å². The monoisotopic (exact) mass is 269 g/mol. The molecule has 78 valence electrons. The molecule has 0 aliphatic carbocycles. The van der Waals surface area contributed by atoms with E-state index < -0.39 is 0 Å². The zero-order chi connectivity index (χ0) is 11.0. The number of aromatic nitrogens is 2. The van der Waals surface area contributed by atoms with Crippen LogP contribution in [0.15, 0.2) is 18.2 Å². The molecule has 0 amide bonds. The molecule has 0 bridgehead atoms. The number of aryl methyl sites for hydroxylation is 1. The Morgan fingerprint density at radius 2 is 2.33 bits per heavy atom. The molecular formula is C9H8BrN3O2. The highest BCUT2D eigenvalue weighted by atomic mass is 79.9. The van der Waals surface area contributed by atoms with Crippen LogP contribution in [0.1, 0.15) is 5.69 Å². The van der Waals surface area contributed by atoms with Crippen LogP contribution in [0.3, 0.4) is 0 Å². The van der Waals surface area contributed by atoms with Crippen molar-refractivity contribution in [1.82, 2.24) is 9.78 Å². The minimum atomic E-state index is -0.379. The quantitative estimate of drug-likeness (QED) is 0.478. The van der Waals surface area contributed by atoms with E-state index in [1.807, 2.05) is 0 Å². The molecule has 0 spiro atoms. The molecule has 2 rings (SSSR count). The molecule has 0 aliphatic heterocycles. The van der Waals surface area contributed by atoms with Crippen molar-refractivity contribution >= 4 is 32.5 Å². The van der Waals surface area contributed by atoms with E-state index in [1.165, 1.54) is 6.07 Å². The van der Waals surface area contributed by atoms with E-state index in [1.54, 1.807) is 23.9 Å². The van der Waals surface area contributed by atoms with E-state index in [2.05, 4.69) is 21.0 Å². The normalized spacial score (nSPS) is 10.8. The number of nitrogens with zero attached hydrogens (tertiary/aromatic N) is 3. The molecule has 15 heavy (non-hydrogen) atoms. The molecular weight excluding hydrogens is 262 g/mol. The maximum absolute atomic E-state index is 10.8. The van der Waals surface area contributed by atoms with Crippen molar-refractivity contribution in [2.75, 3.05) is 0 Å². The van der Waals surface area contributed by atoms with Gasteiger partial charge >= 0.3 is 0 Å². The SMILES string of the molecule is Cn1nc2cccc([N+](=O)[O-])c2c1CBr. The minimum Gasteiger partial charge on any atom is -0.270 e. The van der Waals surface area contributed by atoms with Gasteiger partial charge in [-0.1, -0.05) is 22.0 Å². The van der Waals surface area contributed by atoms with Gasteiger partial charge in [0.1, 0.15) is 5.39 Å². The first-order chi connectivity index (χ1) is 7.15. The van der Waals surface area contributed by atoms with Crippen molar-refractivity contribution in [3.05, 3.63) is 34.0 Å². The molecule has 2 aromatic rings. The third kappa shape index (κ3) is 1.50. The number of benzene rings is 1. The first-order valence-corrected chi connectivity index (χ1v) is 5.42. The second-order valence-electron chi connectivity index (χ2n) is 3.13. The third-order valence-corrected chi connectivity index (χ3v) is 2.81. The van der Waals surface area contributed by atoms with Gasteiger partial charge in [0.2, 0.25) is 0 Å². The molecule has 1 aromatic carbocycles. The number of rotatable bonds is 2. The number of alkyl halides is 1. The zero-order valence-corrected chi connectivity index (χ0v) is 9.56. The predicted molar refractivity (Wildman–Crippen MR) is 60.0 cm³/mol. The Labute approximate surface area is 94.0 Å². The largest absolute Gasteiger partial charge is 0.280 e. The van der Waals surface area contributed by atoms with Crippen molar-refractivity contribution in [3.63, 3.8) is 0 Å². The summed E-state index contributed by atoms with van der Waals surface area (Å²) in [6.07, 6.45) is 0. The summed E-state index contributed by atoms with van der Waals surface area (Å²) in [5, 5.41) is 16.2. The van der Waals surface area contributed by atoms with E-state index in [0.29, 0.717) is 16.2 Å². The van der Waals surface area contributed by atoms with Crippen LogP contribution in [-0.4, -0.2) is 14.7 Å². The summed E-state index contributed by atoms with van der Waals surface area (Å²) in [6, 6.07) is 4.91. The fourth-order valence-corrected chi connectivity index (χ4v) is 2.24. The Bertz CT molecular complexity index is 535. The average Bonchev–Trinajstić information content (AvgIpc) is 2.52. The lowest BCUT2D eigenvalue weighted by atomic mass is 10.2. The van der Waals surface area contributed by atoms with Gasteiger partial charge in [0, 0.05) is 18.4 Å². The van der Waals surface area contributed by atoms with E-state index in [9.17, 15) is 10.1 Å². The van der Waals surface area contributed by atoms with Gasteiger partial charge in [0.05, 0.1) is 16.1 Å². The highest BCUT2D eigenvalue weighted by molar-refractivity contribution is 9.08. The van der Waals surface area contributed by atoms with Crippen molar-refractivity contribution < 1.29 is 4.92 Å². The zero-order valence-electron chi connectivity index (χ0n) is 7.98. The highest BCUT2D eigenvalue weighted by Crippen LogP contribution is 2.29. The maximum Gasteiger partial charge on any atom is 0.280 e. The van der Waals surface area contributed by atoms with Crippen LogP contribution < -0.4 is 0 Å². The minimum absolute atomic E-state index is 0.107. The van der Waals surface area contributed by atoms with Crippen LogP contribution in [0.4, 0.5) is 5.69 Å². The average molecular weight is 270 g/mol. The molecule has 1 aromatic heterocycles. The first kappa shape index (κ1) is 10.1. The Hall–Kier alpha value is -1.43. The smallest absolute Gasteiger partial charge is 0.270 e. The van der Waals surface area contributed by atoms with Crippen LogP contribution in [-0.2, 0) is 12.4 Å². The molecule has 1 heterocycles. The molecule has 0 saturated heterocycles. The second kappa shape index (κ2) is 3.62. The van der Waals surface area contributed by atoms with Gasteiger partial charge in [0.15, 0.2) is 0 Å². The van der Waals surface area contributed by atoms with Crippen molar-refractivity contribution in [1.29, 1.82) is 0 Å². The molecule has 0 radical (unpaired) electrons. The summed E-state index contributed by atoms with van der Waals surface area (Å²) < 4.78 is 1.66. The summed E-state index contributed by atoms with van der Waals surface area (Å²) >= 11 is 3.31. The van der Waals surface area contributed by atoms with Gasteiger partial charge in [-0.05, 0) is 6.07 Å². The number of hydrogen-bond donors (Lipinski definition) is 0. The first-order valence-electron chi connectivity index (χ1n) is 4.30. The number of halogens is 1. The Balaban J connectivity index is 2.87. The van der Waals surface area contributed by atoms with Crippen molar-refractivity contribution in [3.8, 4) is 0 Å². The van der Waals surface area contributed by atoms with Crippen LogP contribution in [0, 0.1) is 10.1 Å². The van der Waals surface area contributed by atoms with Crippen LogP contribution in [0.5, 0.6) is 0 Å². The van der Waals surface area contributed by atoms with Crippen molar-refractivity contribution in [2.24, 2.45) is 7.05 Å². The van der Waals surface area contributed by atoms with E-state index in [4.69, 9.17) is 0 Å². The highest BCUT2D eigenvalue weighted by Gasteiger charge is 2.18. The maximum atomic E-state index is 10.8. The van der Waals surface area contributed by atoms with E-state index in [-0.39, 0.29) is 10.6 Å². The third-order valence-electron chi connectivity index (χ3n) is 2.28. The molecule has 6 heteroatoms. The van der Waals surface area contributed by atoms with E-state index >= 15 is 0 Å². The lowest BCUT2D eigenvalue weighted by Gasteiger charge is -1.97. The molecule has 0 aliphatic rings. The lowest BCUT2D eigenvalue weighted by Crippen LogP contribution is -1.95. The fraction of sp³-hybridized carbons (Fsp3) is 0.222. The van der Waals surface area contributed by atoms with Gasteiger partial charge in [-0.2, -0.15) is 5.10 Å². The molecule has 0 saturated carbocycles. The second-order valence-corrected chi connectivity index (χ2v) is 3.69. The fourth-order valence-electron chi connectivity index (χ4n) is 1.60. The molecule has 0 fully saturated rings. The van der Waals surface area contributed by atoms with E-state index in [0.717, 1.165) is 5.69 Å². The number of nitro benzene ring substituents is 1. The summed E-state index contributed by atoms with van der Waals surface area (Å²) in [7, 11) is 1.78. The van der Waals surface area contributed by atoms with Crippen LogP contribution in [0.25, 0.3) is 10.9 Å². The summed E-state index contributed by atoms with van der Waals surface area (Å²) in [5.74, 6) is 0. The molecule has 0 unspecified atom stereocenters. The molecule has 5 nitrogen and oxygen atoms in total. The van der Waals surface area contributed by atoms with Gasteiger partial charge < -0.3 is 0 Å². The standard InChI is InChI=1S/C9H8BrN3O2/c1-12-8(5-10)9-6(11-12)3-2-4-7(9)13(14)15/h2-4H,5H2,1H3. The number of fused-ring (bicyclic) bond motifs is 1. The van der Waals surface area contributed by atoms with Gasteiger partial charge in [-0.3, -0.25) is 14.8 Å². The Kier molecular flexibility index (Phi) is 2.44. The number of hydrogen-bond acceptors (Lipinski definition) is 3. The van der Waals surface area contributed by atoms with Gasteiger partial charge in [-0.25, -0.2) is 0 Å². The van der Waals surface area contributed by atoms with Crippen molar-refractivity contribution in [2.45, 2.75) is 5.33 Å². The van der Waals surface area contributed by atoms with Crippen LogP contribution >= 0.6 is 15.9 Å². The predicted octanol–water partition coefficient (Wildman–Crippen LogP) is 2.38. The summed E-state index contributed by atoms with van der Waals surface area (Å²) in [5.41, 5.74) is 1.58. The molecule has 0 N–H and O–H groups in total. The van der Waals surface area contributed by atoms with Gasteiger partial charge in [0.25, 0.3) is 5.69 Å². The topological polar surface area (TPSA) is 61.0 Å². The number of non-ortho nitro benzene ring substituents is 1. The van der Waals surface area contributed by atoms with Gasteiger partial charge in [-0.15, -0.1) is 0 Å². The Morgan fingerprint density at radius 3 is 2.93 bits per heavy atom. The lowest BCUT2D eigenvalue weighted by molar-refractivity contribution is -0.383. The summed E-state index contributed by atoms with van der Waals surface area (Å²) in [4.78, 5) is 10.5. The number of nitro groups is 1. The Morgan fingerprint density at radius 1 is 1.60 bits per heavy atom.